The van der Waals surface area contributed by atoms with Gasteiger partial charge in [0.25, 0.3) is 0 Å². The zero-order chi connectivity index (χ0) is 21.7. The van der Waals surface area contributed by atoms with Gasteiger partial charge in [-0.1, -0.05) is 11.8 Å². The second kappa shape index (κ2) is 9.78. The molecule has 0 saturated carbocycles. The summed E-state index contributed by atoms with van der Waals surface area (Å²) in [6, 6.07) is 10.9. The summed E-state index contributed by atoms with van der Waals surface area (Å²) in [6.45, 7) is 4.96. The van der Waals surface area contributed by atoms with Crippen LogP contribution in [-0.4, -0.2) is 69.3 Å². The number of sulfonamides is 1. The van der Waals surface area contributed by atoms with E-state index in [1.165, 1.54) is 38.1 Å². The molecule has 1 aromatic carbocycles. The maximum absolute atomic E-state index is 12.5. The minimum atomic E-state index is -3.52. The van der Waals surface area contributed by atoms with Gasteiger partial charge in [0.1, 0.15) is 4.90 Å². The SMILES string of the molecule is CC(Sc1ccc(S(=O)(=O)N(C)C)cn1)C(=O)Nc1ccc(N2CCOCC2)cc1. The van der Waals surface area contributed by atoms with Crippen LogP contribution in [0.4, 0.5) is 11.4 Å². The Morgan fingerprint density at radius 3 is 2.40 bits per heavy atom. The lowest BCUT2D eigenvalue weighted by molar-refractivity contribution is -0.115. The Labute approximate surface area is 181 Å². The van der Waals surface area contributed by atoms with Crippen LogP contribution in [-0.2, 0) is 19.6 Å². The van der Waals surface area contributed by atoms with Crippen molar-refractivity contribution in [3.63, 3.8) is 0 Å². The lowest BCUT2D eigenvalue weighted by Crippen LogP contribution is -2.36. The van der Waals surface area contributed by atoms with Crippen molar-refractivity contribution in [3.8, 4) is 0 Å². The fourth-order valence-corrected chi connectivity index (χ4v) is 4.49. The Morgan fingerprint density at radius 1 is 1.17 bits per heavy atom. The van der Waals surface area contributed by atoms with E-state index in [1.54, 1.807) is 13.0 Å². The number of aromatic nitrogens is 1. The first-order valence-electron chi connectivity index (χ1n) is 9.56. The summed E-state index contributed by atoms with van der Waals surface area (Å²) in [5.41, 5.74) is 1.83. The van der Waals surface area contributed by atoms with Crippen molar-refractivity contribution in [2.24, 2.45) is 0 Å². The number of ether oxygens (including phenoxy) is 1. The largest absolute Gasteiger partial charge is 0.378 e. The highest BCUT2D eigenvalue weighted by Crippen LogP contribution is 2.25. The average molecular weight is 451 g/mol. The van der Waals surface area contributed by atoms with Gasteiger partial charge in [-0.2, -0.15) is 0 Å². The van der Waals surface area contributed by atoms with Crippen molar-refractivity contribution < 1.29 is 17.9 Å². The smallest absolute Gasteiger partial charge is 0.244 e. The first-order chi connectivity index (χ1) is 14.3. The van der Waals surface area contributed by atoms with E-state index in [-0.39, 0.29) is 10.8 Å². The summed E-state index contributed by atoms with van der Waals surface area (Å²) >= 11 is 1.27. The molecule has 1 unspecified atom stereocenters. The van der Waals surface area contributed by atoms with E-state index in [0.29, 0.717) is 5.03 Å². The third-order valence-corrected chi connectivity index (χ3v) is 7.51. The number of rotatable bonds is 7. The topological polar surface area (TPSA) is 91.8 Å². The number of anilines is 2. The van der Waals surface area contributed by atoms with Gasteiger partial charge < -0.3 is 15.0 Å². The molecular formula is C20H26N4O4S2. The zero-order valence-corrected chi connectivity index (χ0v) is 18.9. The first kappa shape index (κ1) is 22.5. The number of carbonyl (C=O) groups is 1. The van der Waals surface area contributed by atoms with Crippen LogP contribution in [0.2, 0.25) is 0 Å². The predicted molar refractivity (Wildman–Crippen MR) is 119 cm³/mol. The van der Waals surface area contributed by atoms with Gasteiger partial charge in [0.05, 0.1) is 23.5 Å². The molecule has 0 aliphatic carbocycles. The highest BCUT2D eigenvalue weighted by atomic mass is 32.2. The molecule has 30 heavy (non-hydrogen) atoms. The first-order valence-corrected chi connectivity index (χ1v) is 11.9. The van der Waals surface area contributed by atoms with E-state index >= 15 is 0 Å². The van der Waals surface area contributed by atoms with Crippen molar-refractivity contribution in [3.05, 3.63) is 42.6 Å². The average Bonchev–Trinajstić information content (AvgIpc) is 2.75. The van der Waals surface area contributed by atoms with Gasteiger partial charge in [0.2, 0.25) is 15.9 Å². The van der Waals surface area contributed by atoms with E-state index in [9.17, 15) is 13.2 Å². The molecule has 162 valence electrons. The summed E-state index contributed by atoms with van der Waals surface area (Å²) in [7, 11) is -0.579. The molecule has 2 heterocycles. The molecule has 1 aromatic heterocycles. The van der Waals surface area contributed by atoms with Crippen LogP contribution >= 0.6 is 11.8 Å². The van der Waals surface area contributed by atoms with E-state index in [2.05, 4.69) is 15.2 Å². The lowest BCUT2D eigenvalue weighted by Gasteiger charge is -2.28. The number of carbonyl (C=O) groups excluding carboxylic acids is 1. The number of amides is 1. The van der Waals surface area contributed by atoms with Crippen molar-refractivity contribution in [2.75, 3.05) is 50.6 Å². The molecule has 0 spiro atoms. The third kappa shape index (κ3) is 5.51. The van der Waals surface area contributed by atoms with Gasteiger partial charge in [-0.15, -0.1) is 0 Å². The molecule has 1 aliphatic rings. The summed E-state index contributed by atoms with van der Waals surface area (Å²) in [5.74, 6) is -0.147. The number of thioether (sulfide) groups is 1. The van der Waals surface area contributed by atoms with Gasteiger partial charge in [-0.25, -0.2) is 17.7 Å². The number of pyridine rings is 1. The minimum Gasteiger partial charge on any atom is -0.378 e. The van der Waals surface area contributed by atoms with Gasteiger partial charge >= 0.3 is 0 Å². The van der Waals surface area contributed by atoms with E-state index in [4.69, 9.17) is 4.74 Å². The molecular weight excluding hydrogens is 424 g/mol. The van der Waals surface area contributed by atoms with Crippen LogP contribution in [0.1, 0.15) is 6.92 Å². The van der Waals surface area contributed by atoms with Crippen LogP contribution < -0.4 is 10.2 Å². The fraction of sp³-hybridized carbons (Fsp3) is 0.400. The summed E-state index contributed by atoms with van der Waals surface area (Å²) in [5, 5.41) is 3.10. The molecule has 1 atom stereocenters. The van der Waals surface area contributed by atoms with Gasteiger partial charge in [0, 0.05) is 44.8 Å². The van der Waals surface area contributed by atoms with Crippen molar-refractivity contribution in [1.82, 2.24) is 9.29 Å². The molecule has 1 N–H and O–H groups in total. The standard InChI is InChI=1S/C20H26N4O4S2/c1-15(29-19-9-8-18(14-21-19)30(26,27)23(2)3)20(25)22-16-4-6-17(7-5-16)24-10-12-28-13-11-24/h4-9,14-15H,10-13H2,1-3H3,(H,22,25). The monoisotopic (exact) mass is 450 g/mol. The highest BCUT2D eigenvalue weighted by Gasteiger charge is 2.19. The molecule has 1 saturated heterocycles. The fourth-order valence-electron chi connectivity index (χ4n) is 2.86. The maximum Gasteiger partial charge on any atom is 0.244 e. The zero-order valence-electron chi connectivity index (χ0n) is 17.2. The van der Waals surface area contributed by atoms with Gasteiger partial charge in [-0.3, -0.25) is 4.79 Å². The number of hydrogen-bond acceptors (Lipinski definition) is 7. The Morgan fingerprint density at radius 2 is 1.83 bits per heavy atom. The van der Waals surface area contributed by atoms with Crippen LogP contribution in [0, 0.1) is 0 Å². The summed E-state index contributed by atoms with van der Waals surface area (Å²) in [6.07, 6.45) is 1.31. The Hall–Kier alpha value is -2.14. The molecule has 1 aliphatic heterocycles. The molecule has 10 heteroatoms. The van der Waals surface area contributed by atoms with Crippen molar-refractivity contribution in [1.29, 1.82) is 0 Å². The Kier molecular flexibility index (Phi) is 7.35. The molecule has 1 fully saturated rings. The van der Waals surface area contributed by atoms with Gasteiger partial charge in [-0.05, 0) is 43.3 Å². The number of benzene rings is 1. The molecule has 0 radical (unpaired) electrons. The highest BCUT2D eigenvalue weighted by molar-refractivity contribution is 8.00. The molecule has 0 bridgehead atoms. The molecule has 8 nitrogen and oxygen atoms in total. The number of morpholine rings is 1. The van der Waals surface area contributed by atoms with Crippen LogP contribution in [0.15, 0.2) is 52.5 Å². The van der Waals surface area contributed by atoms with Crippen molar-refractivity contribution >= 4 is 39.1 Å². The molecule has 2 aromatic rings. The summed E-state index contributed by atoms with van der Waals surface area (Å²) < 4.78 is 30.7. The quantitative estimate of drug-likeness (QED) is 0.647. The van der Waals surface area contributed by atoms with Crippen LogP contribution in [0.25, 0.3) is 0 Å². The molecule has 1 amide bonds. The van der Waals surface area contributed by atoms with Crippen molar-refractivity contribution in [2.45, 2.75) is 22.1 Å². The van der Waals surface area contributed by atoms with E-state index in [0.717, 1.165) is 42.0 Å². The second-order valence-corrected chi connectivity index (χ2v) is 10.5. The molecule has 3 rings (SSSR count). The second-order valence-electron chi connectivity index (χ2n) is 7.02. The van der Waals surface area contributed by atoms with E-state index in [1.807, 2.05) is 24.3 Å². The van der Waals surface area contributed by atoms with Gasteiger partial charge in [0.15, 0.2) is 0 Å². The normalized spacial score (nSPS) is 15.8. The number of nitrogens with one attached hydrogen (secondary N) is 1. The predicted octanol–water partition coefficient (Wildman–Crippen LogP) is 2.29. The number of hydrogen-bond donors (Lipinski definition) is 1. The van der Waals surface area contributed by atoms with Crippen LogP contribution in [0.3, 0.4) is 0 Å². The maximum atomic E-state index is 12.5. The summed E-state index contributed by atoms with van der Waals surface area (Å²) in [4.78, 5) is 19.1. The minimum absolute atomic E-state index is 0.120. The Bertz CT molecular complexity index is 957. The number of nitrogens with zero attached hydrogens (tertiary/aromatic N) is 3. The van der Waals surface area contributed by atoms with Crippen LogP contribution in [0.5, 0.6) is 0 Å². The lowest BCUT2D eigenvalue weighted by atomic mass is 10.2. The third-order valence-electron chi connectivity index (χ3n) is 4.67. The Balaban J connectivity index is 1.57. The van der Waals surface area contributed by atoms with E-state index < -0.39 is 15.3 Å².